The zero-order valence-electron chi connectivity index (χ0n) is 31.9. The van der Waals surface area contributed by atoms with Gasteiger partial charge in [0.25, 0.3) is 6.71 Å². The maximum atomic E-state index is 2.83. The summed E-state index contributed by atoms with van der Waals surface area (Å²) in [7, 11) is 0. The Morgan fingerprint density at radius 1 is 0.731 bits per heavy atom. The molecule has 0 radical (unpaired) electrons. The van der Waals surface area contributed by atoms with Gasteiger partial charge in [-0.15, -0.1) is 0 Å². The highest BCUT2D eigenvalue weighted by atomic mass is 15.3. The minimum Gasteiger partial charge on any atom is -0.335 e. The number of nitrogens with zero attached hydrogens (tertiary/aromatic N) is 3. The van der Waals surface area contributed by atoms with E-state index in [-0.39, 0.29) is 23.1 Å². The summed E-state index contributed by atoms with van der Waals surface area (Å²) in [5.74, 6) is 0. The predicted octanol–water partition coefficient (Wildman–Crippen LogP) is 11.0. The molecule has 2 atom stereocenters. The van der Waals surface area contributed by atoms with E-state index in [1.165, 1.54) is 76.1 Å². The van der Waals surface area contributed by atoms with E-state index in [1.807, 2.05) is 0 Å². The lowest BCUT2D eigenvalue weighted by Crippen LogP contribution is -2.64. The molecule has 3 heterocycles. The molecule has 52 heavy (non-hydrogen) atoms. The van der Waals surface area contributed by atoms with Crippen LogP contribution in [0.15, 0.2) is 133 Å². The van der Waals surface area contributed by atoms with Gasteiger partial charge in [-0.3, -0.25) is 0 Å². The minimum absolute atomic E-state index is 0.00646. The number of allylic oxidation sites excluding steroid dienone is 3. The van der Waals surface area contributed by atoms with Crippen molar-refractivity contribution in [3.05, 3.63) is 144 Å². The lowest BCUT2D eigenvalue weighted by Gasteiger charge is -2.52. The van der Waals surface area contributed by atoms with E-state index in [1.54, 1.807) is 5.56 Å². The molecule has 1 fully saturated rings. The highest BCUT2D eigenvalue weighted by molar-refractivity contribution is 7.00. The molecule has 0 bridgehead atoms. The van der Waals surface area contributed by atoms with Gasteiger partial charge in [-0.2, -0.15) is 0 Å². The Morgan fingerprint density at radius 2 is 1.44 bits per heavy atom. The molecule has 3 nitrogen and oxygen atoms in total. The number of benzene rings is 5. The van der Waals surface area contributed by atoms with Crippen LogP contribution in [0.3, 0.4) is 0 Å². The second-order valence-corrected chi connectivity index (χ2v) is 16.8. The molecule has 0 amide bonds. The van der Waals surface area contributed by atoms with E-state index in [4.69, 9.17) is 0 Å². The van der Waals surface area contributed by atoms with Gasteiger partial charge in [0.2, 0.25) is 0 Å². The minimum atomic E-state index is 0.00646. The average Bonchev–Trinajstić information content (AvgIpc) is 3.37. The van der Waals surface area contributed by atoms with Crippen molar-refractivity contribution in [2.75, 3.05) is 14.7 Å². The Bertz CT molecular complexity index is 2270. The summed E-state index contributed by atoms with van der Waals surface area (Å²) in [4.78, 5) is 7.76. The lowest BCUT2D eigenvalue weighted by molar-refractivity contribution is 0.195. The standard InChI is InChI=1S/C48H50BN3/c1-8-19-34(9-2)50(35-20-12-10-13-21-35)37-26-27-39-43(32-37)51(36-22-14-11-15-23-36)41-24-18-25-42-44(41)49(39)40-31-33(46(3,4)5)30-38-45(40)52(42)48(7)29-17-16-28-47(38,48)6/h8-15,18-27,30-32H,16-17,28-29H2,1-7H3/b19-8-,34-9+. The number of fused-ring (bicyclic) bond motifs is 7. The van der Waals surface area contributed by atoms with E-state index in [9.17, 15) is 0 Å². The van der Waals surface area contributed by atoms with E-state index in [2.05, 4.69) is 191 Å². The number of anilines is 7. The molecule has 0 saturated heterocycles. The molecular formula is C48H50BN3. The summed E-state index contributed by atoms with van der Waals surface area (Å²) >= 11 is 0. The third-order valence-electron chi connectivity index (χ3n) is 13.0. The number of hydrogen-bond donors (Lipinski definition) is 0. The molecule has 4 aliphatic rings. The lowest BCUT2D eigenvalue weighted by atomic mass is 9.33. The Morgan fingerprint density at radius 3 is 2.15 bits per heavy atom. The van der Waals surface area contributed by atoms with Crippen LogP contribution < -0.4 is 31.1 Å². The molecule has 5 aromatic carbocycles. The highest BCUT2D eigenvalue weighted by Gasteiger charge is 2.61. The van der Waals surface area contributed by atoms with Crippen LogP contribution in [0.1, 0.15) is 85.3 Å². The normalized spacial score (nSPS) is 21.5. The Balaban J connectivity index is 1.37. The van der Waals surface area contributed by atoms with Gasteiger partial charge in [0.1, 0.15) is 0 Å². The fourth-order valence-corrected chi connectivity index (χ4v) is 10.2. The quantitative estimate of drug-likeness (QED) is 0.133. The average molecular weight is 680 g/mol. The largest absolute Gasteiger partial charge is 0.335 e. The van der Waals surface area contributed by atoms with Crippen LogP contribution in [0.5, 0.6) is 0 Å². The first kappa shape index (κ1) is 32.9. The Labute approximate surface area is 311 Å². The van der Waals surface area contributed by atoms with Crippen LogP contribution in [0.4, 0.5) is 39.8 Å². The fourth-order valence-electron chi connectivity index (χ4n) is 10.2. The van der Waals surface area contributed by atoms with Gasteiger partial charge in [0, 0.05) is 50.9 Å². The predicted molar refractivity (Wildman–Crippen MR) is 224 cm³/mol. The monoisotopic (exact) mass is 679 g/mol. The summed E-state index contributed by atoms with van der Waals surface area (Å²) in [6.07, 6.45) is 11.5. The molecule has 0 spiro atoms. The SMILES string of the molecule is C/C=C\C(=C/C)N(c1ccccc1)c1ccc2c(c1)N(c1ccccc1)c1cccc3c1B2c1cc(C(C)(C)C)cc2c1N3C1(C)CCCCC21C. The molecule has 260 valence electrons. The first-order valence-electron chi connectivity index (χ1n) is 19.4. The van der Waals surface area contributed by atoms with Gasteiger partial charge in [-0.1, -0.05) is 113 Å². The second kappa shape index (κ2) is 11.8. The summed E-state index contributed by atoms with van der Waals surface area (Å²) in [6, 6.07) is 41.4. The van der Waals surface area contributed by atoms with Crippen molar-refractivity contribution in [3.8, 4) is 0 Å². The third-order valence-corrected chi connectivity index (χ3v) is 13.0. The van der Waals surface area contributed by atoms with Crippen molar-refractivity contribution in [1.82, 2.24) is 0 Å². The smallest absolute Gasteiger partial charge is 0.252 e. The zero-order chi connectivity index (χ0) is 36.0. The van der Waals surface area contributed by atoms with Gasteiger partial charge in [-0.05, 0) is 121 Å². The van der Waals surface area contributed by atoms with Gasteiger partial charge in [0.05, 0.1) is 5.54 Å². The maximum Gasteiger partial charge on any atom is 0.252 e. The van der Waals surface area contributed by atoms with Crippen LogP contribution in [-0.2, 0) is 10.8 Å². The number of hydrogen-bond acceptors (Lipinski definition) is 3. The van der Waals surface area contributed by atoms with Crippen molar-refractivity contribution >= 4 is 62.9 Å². The van der Waals surface area contributed by atoms with E-state index >= 15 is 0 Å². The van der Waals surface area contributed by atoms with Crippen LogP contribution in [-0.4, -0.2) is 12.3 Å². The fraction of sp³-hybridized carbons (Fsp3) is 0.292. The van der Waals surface area contributed by atoms with Crippen molar-refractivity contribution in [2.24, 2.45) is 0 Å². The molecule has 9 rings (SSSR count). The molecular weight excluding hydrogens is 629 g/mol. The zero-order valence-corrected chi connectivity index (χ0v) is 31.9. The van der Waals surface area contributed by atoms with E-state index in [0.717, 1.165) is 17.1 Å². The van der Waals surface area contributed by atoms with Crippen molar-refractivity contribution in [1.29, 1.82) is 0 Å². The van der Waals surface area contributed by atoms with Crippen LogP contribution >= 0.6 is 0 Å². The third kappa shape index (κ3) is 4.52. The van der Waals surface area contributed by atoms with Crippen LogP contribution in [0.2, 0.25) is 0 Å². The summed E-state index contributed by atoms with van der Waals surface area (Å²) in [5, 5.41) is 0. The van der Waals surface area contributed by atoms with E-state index < -0.39 is 0 Å². The number of rotatable bonds is 5. The van der Waals surface area contributed by atoms with Gasteiger partial charge >= 0.3 is 0 Å². The van der Waals surface area contributed by atoms with Gasteiger partial charge in [-0.25, -0.2) is 0 Å². The van der Waals surface area contributed by atoms with Crippen LogP contribution in [0, 0.1) is 0 Å². The highest BCUT2D eigenvalue weighted by Crippen LogP contribution is 2.62. The molecule has 0 aromatic heterocycles. The molecule has 1 saturated carbocycles. The van der Waals surface area contributed by atoms with Crippen LogP contribution in [0.25, 0.3) is 0 Å². The molecule has 1 aliphatic carbocycles. The van der Waals surface area contributed by atoms with Crippen molar-refractivity contribution < 1.29 is 0 Å². The van der Waals surface area contributed by atoms with Gasteiger partial charge in [0.15, 0.2) is 0 Å². The Hall–Kier alpha value is -4.96. The van der Waals surface area contributed by atoms with Crippen molar-refractivity contribution in [3.63, 3.8) is 0 Å². The first-order valence-corrected chi connectivity index (χ1v) is 19.4. The number of para-hydroxylation sites is 2. The molecule has 5 aromatic rings. The molecule has 3 aliphatic heterocycles. The first-order chi connectivity index (χ1) is 25.1. The second-order valence-electron chi connectivity index (χ2n) is 16.8. The molecule has 2 unspecified atom stereocenters. The Kier molecular flexibility index (Phi) is 7.46. The maximum absolute atomic E-state index is 2.83. The molecule has 4 heteroatoms. The summed E-state index contributed by atoms with van der Waals surface area (Å²) < 4.78 is 0. The summed E-state index contributed by atoms with van der Waals surface area (Å²) in [5.41, 5.74) is 17.4. The summed E-state index contributed by atoms with van der Waals surface area (Å²) in [6.45, 7) is 16.7. The van der Waals surface area contributed by atoms with E-state index in [0.29, 0.717) is 0 Å². The topological polar surface area (TPSA) is 9.72 Å². The van der Waals surface area contributed by atoms with Gasteiger partial charge < -0.3 is 14.7 Å². The molecule has 0 N–H and O–H groups in total. The van der Waals surface area contributed by atoms with Crippen molar-refractivity contribution in [2.45, 2.75) is 90.5 Å².